The number of hydrogen-bond acceptors (Lipinski definition) is 1. The van der Waals surface area contributed by atoms with Crippen molar-refractivity contribution in [3.8, 4) is 11.5 Å². The molecule has 0 aliphatic rings. The van der Waals surface area contributed by atoms with Crippen molar-refractivity contribution >= 4 is 18.7 Å². The molecule has 0 saturated carbocycles. The SMILES string of the molecule is CC#C[Si](O)(c1ccccc1)c1ccccc1. The van der Waals surface area contributed by atoms with Crippen LogP contribution in [0.3, 0.4) is 0 Å². The molecule has 1 nitrogen and oxygen atoms in total. The van der Waals surface area contributed by atoms with Crippen molar-refractivity contribution in [3.63, 3.8) is 0 Å². The van der Waals surface area contributed by atoms with Gasteiger partial charge in [0.05, 0.1) is 0 Å². The highest BCUT2D eigenvalue weighted by atomic mass is 28.4. The predicted molar refractivity (Wildman–Crippen MR) is 73.6 cm³/mol. The molecular formula is C15H14OSi. The topological polar surface area (TPSA) is 20.2 Å². The van der Waals surface area contributed by atoms with Gasteiger partial charge in [0.1, 0.15) is 0 Å². The number of rotatable bonds is 2. The van der Waals surface area contributed by atoms with Gasteiger partial charge >= 0.3 is 8.32 Å². The highest BCUT2D eigenvalue weighted by molar-refractivity contribution is 7.02. The van der Waals surface area contributed by atoms with Crippen LogP contribution in [0.4, 0.5) is 0 Å². The molecule has 2 rings (SSSR count). The van der Waals surface area contributed by atoms with Gasteiger partial charge in [0, 0.05) is 0 Å². The van der Waals surface area contributed by atoms with Gasteiger partial charge in [-0.2, -0.15) is 0 Å². The maximum absolute atomic E-state index is 10.9. The first-order valence-corrected chi connectivity index (χ1v) is 7.49. The zero-order valence-corrected chi connectivity index (χ0v) is 10.7. The summed E-state index contributed by atoms with van der Waals surface area (Å²) in [6, 6.07) is 19.4. The van der Waals surface area contributed by atoms with E-state index >= 15 is 0 Å². The molecule has 1 N–H and O–H groups in total. The fraction of sp³-hybridized carbons (Fsp3) is 0.0667. The molecule has 0 aliphatic heterocycles. The molecule has 0 spiro atoms. The maximum Gasteiger partial charge on any atom is 0.334 e. The monoisotopic (exact) mass is 238 g/mol. The molecule has 0 aromatic heterocycles. The van der Waals surface area contributed by atoms with Crippen molar-refractivity contribution < 1.29 is 4.80 Å². The Kier molecular flexibility index (Phi) is 3.43. The molecule has 0 unspecified atom stereocenters. The summed E-state index contributed by atoms with van der Waals surface area (Å²) in [6.45, 7) is 1.77. The molecule has 0 aliphatic carbocycles. The second kappa shape index (κ2) is 5.01. The first-order valence-electron chi connectivity index (χ1n) is 5.54. The summed E-state index contributed by atoms with van der Waals surface area (Å²) in [4.78, 5) is 10.9. The van der Waals surface area contributed by atoms with E-state index in [-0.39, 0.29) is 0 Å². The van der Waals surface area contributed by atoms with Gasteiger partial charge in [-0.15, -0.1) is 5.92 Å². The van der Waals surface area contributed by atoms with Crippen molar-refractivity contribution in [2.75, 3.05) is 0 Å². The van der Waals surface area contributed by atoms with Gasteiger partial charge in [-0.3, -0.25) is 0 Å². The Balaban J connectivity index is 2.58. The van der Waals surface area contributed by atoms with Gasteiger partial charge in [-0.1, -0.05) is 66.2 Å². The van der Waals surface area contributed by atoms with Crippen molar-refractivity contribution in [1.29, 1.82) is 0 Å². The summed E-state index contributed by atoms with van der Waals surface area (Å²) in [5.41, 5.74) is 3.04. The van der Waals surface area contributed by atoms with Gasteiger partial charge in [0.15, 0.2) is 0 Å². The van der Waals surface area contributed by atoms with Crippen LogP contribution < -0.4 is 10.4 Å². The third kappa shape index (κ3) is 2.31. The lowest BCUT2D eigenvalue weighted by molar-refractivity contribution is 0.584. The van der Waals surface area contributed by atoms with Crippen LogP contribution in [0.2, 0.25) is 0 Å². The van der Waals surface area contributed by atoms with Crippen LogP contribution in [-0.4, -0.2) is 13.1 Å². The Hall–Kier alpha value is -1.82. The van der Waals surface area contributed by atoms with Crippen LogP contribution in [-0.2, 0) is 0 Å². The quantitative estimate of drug-likeness (QED) is 0.618. The lowest BCUT2D eigenvalue weighted by Gasteiger charge is -2.19. The van der Waals surface area contributed by atoms with Crippen LogP contribution in [0.5, 0.6) is 0 Å². The predicted octanol–water partition coefficient (Wildman–Crippen LogP) is 1.30. The van der Waals surface area contributed by atoms with Crippen LogP contribution in [0.25, 0.3) is 0 Å². The van der Waals surface area contributed by atoms with Crippen molar-refractivity contribution in [1.82, 2.24) is 0 Å². The molecule has 84 valence electrons. The largest absolute Gasteiger partial charge is 0.415 e. The summed E-state index contributed by atoms with van der Waals surface area (Å²) in [6.07, 6.45) is 0. The van der Waals surface area contributed by atoms with Crippen molar-refractivity contribution in [2.24, 2.45) is 0 Å². The summed E-state index contributed by atoms with van der Waals surface area (Å²) in [7, 11) is -2.86. The van der Waals surface area contributed by atoms with E-state index in [1.807, 2.05) is 60.7 Å². The molecule has 0 fully saturated rings. The lowest BCUT2D eigenvalue weighted by atomic mass is 10.4. The average Bonchev–Trinajstić information content (AvgIpc) is 2.41. The van der Waals surface area contributed by atoms with E-state index in [4.69, 9.17) is 0 Å². The first kappa shape index (κ1) is 11.7. The van der Waals surface area contributed by atoms with E-state index in [1.54, 1.807) is 6.92 Å². The summed E-state index contributed by atoms with van der Waals surface area (Å²) in [5.74, 6) is 2.87. The minimum Gasteiger partial charge on any atom is -0.415 e. The molecule has 0 radical (unpaired) electrons. The summed E-state index contributed by atoms with van der Waals surface area (Å²) >= 11 is 0. The molecule has 0 bridgehead atoms. The Bertz CT molecular complexity index is 498. The van der Waals surface area contributed by atoms with Gasteiger partial charge < -0.3 is 4.80 Å². The molecule has 0 saturated heterocycles. The fourth-order valence-corrected chi connectivity index (χ4v) is 4.18. The summed E-state index contributed by atoms with van der Waals surface area (Å²) in [5, 5.41) is 1.86. The van der Waals surface area contributed by atoms with Gasteiger partial charge in [0.2, 0.25) is 0 Å². The number of benzene rings is 2. The van der Waals surface area contributed by atoms with E-state index in [9.17, 15) is 4.80 Å². The minimum absolute atomic E-state index is 0.931. The molecule has 2 aromatic carbocycles. The molecule has 17 heavy (non-hydrogen) atoms. The van der Waals surface area contributed by atoms with E-state index in [0.717, 1.165) is 10.4 Å². The first-order chi connectivity index (χ1) is 8.27. The highest BCUT2D eigenvalue weighted by Gasteiger charge is 2.33. The van der Waals surface area contributed by atoms with Crippen molar-refractivity contribution in [3.05, 3.63) is 60.7 Å². The normalized spacial score (nSPS) is 10.5. The Morgan fingerprint density at radius 3 is 1.59 bits per heavy atom. The van der Waals surface area contributed by atoms with Crippen molar-refractivity contribution in [2.45, 2.75) is 6.92 Å². The van der Waals surface area contributed by atoms with E-state index in [1.165, 1.54) is 0 Å². The zero-order chi connectivity index (χ0) is 12.1. The Labute approximate surface area is 103 Å². The molecular weight excluding hydrogens is 224 g/mol. The highest BCUT2D eigenvalue weighted by Crippen LogP contribution is 2.01. The zero-order valence-electron chi connectivity index (χ0n) is 9.72. The van der Waals surface area contributed by atoms with E-state index < -0.39 is 8.32 Å². The molecule has 0 heterocycles. The van der Waals surface area contributed by atoms with Gasteiger partial charge in [-0.05, 0) is 17.3 Å². The van der Waals surface area contributed by atoms with Crippen LogP contribution in [0.1, 0.15) is 6.92 Å². The average molecular weight is 238 g/mol. The minimum atomic E-state index is -2.86. The standard InChI is InChI=1S/C15H14OSi/c1-2-13-17(16,14-9-5-3-6-10-14)15-11-7-4-8-12-15/h3-12,16H,1H3. The van der Waals surface area contributed by atoms with E-state index in [2.05, 4.69) is 11.5 Å². The number of hydrogen-bond donors (Lipinski definition) is 1. The van der Waals surface area contributed by atoms with Crippen LogP contribution in [0, 0.1) is 11.5 Å². The lowest BCUT2D eigenvalue weighted by Crippen LogP contribution is -2.58. The summed E-state index contributed by atoms with van der Waals surface area (Å²) < 4.78 is 0. The Morgan fingerprint density at radius 2 is 1.24 bits per heavy atom. The van der Waals surface area contributed by atoms with Crippen LogP contribution >= 0.6 is 0 Å². The smallest absolute Gasteiger partial charge is 0.334 e. The second-order valence-electron chi connectivity index (χ2n) is 3.82. The maximum atomic E-state index is 10.9. The fourth-order valence-electron chi connectivity index (χ4n) is 1.85. The second-order valence-corrected chi connectivity index (χ2v) is 6.64. The van der Waals surface area contributed by atoms with Gasteiger partial charge in [0.25, 0.3) is 0 Å². The van der Waals surface area contributed by atoms with Gasteiger partial charge in [-0.25, -0.2) is 0 Å². The third-order valence-electron chi connectivity index (χ3n) is 2.69. The third-order valence-corrected chi connectivity index (χ3v) is 5.64. The van der Waals surface area contributed by atoms with Crippen LogP contribution in [0.15, 0.2) is 60.7 Å². The molecule has 2 aromatic rings. The molecule has 2 heteroatoms. The van der Waals surface area contributed by atoms with E-state index in [0.29, 0.717) is 0 Å². The Morgan fingerprint density at radius 1 is 0.824 bits per heavy atom. The molecule has 0 atom stereocenters. The molecule has 0 amide bonds.